The van der Waals surface area contributed by atoms with Crippen molar-refractivity contribution in [2.45, 2.75) is 9.79 Å². The van der Waals surface area contributed by atoms with Gasteiger partial charge in [-0.2, -0.15) is 0 Å². The monoisotopic (exact) mass is 313 g/mol. The van der Waals surface area contributed by atoms with Crippen LogP contribution < -0.4 is 0 Å². The Morgan fingerprint density at radius 1 is 1.00 bits per heavy atom. The van der Waals surface area contributed by atoms with Crippen LogP contribution in [0, 0.1) is 0 Å². The summed E-state index contributed by atoms with van der Waals surface area (Å²) >= 11 is 5.83. The predicted molar refractivity (Wildman–Crippen MR) is 79.1 cm³/mol. The molecular weight excluding hydrogens is 302 g/mol. The minimum Gasteiger partial charge on any atom is -0.239 e. The second-order valence-electron chi connectivity index (χ2n) is 3.79. The van der Waals surface area contributed by atoms with Crippen LogP contribution in [0.4, 0.5) is 0 Å². The molecule has 0 N–H and O–H groups in total. The van der Waals surface area contributed by atoms with E-state index in [9.17, 15) is 8.42 Å². The molecule has 0 aliphatic heterocycles. The third-order valence-corrected chi connectivity index (χ3v) is 6.16. The number of nitrogens with zero attached hydrogens (tertiary/aromatic N) is 1. The van der Waals surface area contributed by atoms with E-state index in [1.165, 1.54) is 6.26 Å². The molecule has 0 aliphatic rings. The van der Waals surface area contributed by atoms with Gasteiger partial charge in [-0.25, -0.2) is 8.42 Å². The summed E-state index contributed by atoms with van der Waals surface area (Å²) in [6.45, 7) is 0. The zero-order chi connectivity index (χ0) is 13.9. The maximum Gasteiger partial charge on any atom is 0.145 e. The second-order valence-corrected chi connectivity index (χ2v) is 7.67. The molecule has 0 saturated carbocycles. The molecule has 6 heteroatoms. The fraction of sp³-hybridized carbons (Fsp3) is 0.0769. The van der Waals surface area contributed by atoms with E-state index in [0.29, 0.717) is 14.8 Å². The zero-order valence-corrected chi connectivity index (χ0v) is 12.5. The van der Waals surface area contributed by atoms with E-state index in [2.05, 4.69) is 3.77 Å². The fourth-order valence-corrected chi connectivity index (χ4v) is 4.89. The summed E-state index contributed by atoms with van der Waals surface area (Å²) < 4.78 is 28.5. The van der Waals surface area contributed by atoms with Crippen LogP contribution in [0.15, 0.2) is 68.2 Å². The van der Waals surface area contributed by atoms with Gasteiger partial charge in [-0.3, -0.25) is 0 Å². The van der Waals surface area contributed by atoms with Crippen molar-refractivity contribution in [3.63, 3.8) is 0 Å². The molecule has 0 aliphatic carbocycles. The average molecular weight is 314 g/mol. The van der Waals surface area contributed by atoms with Crippen molar-refractivity contribution in [3.05, 3.63) is 59.6 Å². The first kappa shape index (κ1) is 14.2. The Bertz CT molecular complexity index is 705. The largest absolute Gasteiger partial charge is 0.239 e. The van der Waals surface area contributed by atoms with Gasteiger partial charge in [0.15, 0.2) is 0 Å². The molecule has 0 aromatic heterocycles. The second kappa shape index (κ2) is 5.86. The Morgan fingerprint density at radius 3 is 2.05 bits per heavy atom. The van der Waals surface area contributed by atoms with Crippen molar-refractivity contribution in [3.8, 4) is 0 Å². The lowest BCUT2D eigenvalue weighted by Crippen LogP contribution is -2.03. The summed E-state index contributed by atoms with van der Waals surface area (Å²) in [5.41, 5.74) is 0. The lowest BCUT2D eigenvalue weighted by atomic mass is 10.4. The molecule has 0 fully saturated rings. The van der Waals surface area contributed by atoms with Crippen LogP contribution in [-0.2, 0) is 20.7 Å². The van der Waals surface area contributed by atoms with E-state index in [1.807, 2.05) is 6.07 Å². The first-order valence-corrected chi connectivity index (χ1v) is 8.84. The molecule has 2 aromatic carbocycles. The molecule has 2 aromatic rings. The van der Waals surface area contributed by atoms with Crippen LogP contribution in [0.2, 0.25) is 5.02 Å². The van der Waals surface area contributed by atoms with Gasteiger partial charge in [-0.1, -0.05) is 29.8 Å². The summed E-state index contributed by atoms with van der Waals surface area (Å²) in [5, 5.41) is 0.552. The highest BCUT2D eigenvalue weighted by atomic mass is 35.5. The third-order valence-electron chi connectivity index (χ3n) is 2.41. The molecular formula is C13H12ClNO2S2. The minimum atomic E-state index is -2.90. The number of hydrogen-bond donors (Lipinski definition) is 0. The van der Waals surface area contributed by atoms with E-state index in [0.717, 1.165) is 0 Å². The maximum absolute atomic E-state index is 13.1. The average Bonchev–Trinajstić information content (AvgIpc) is 2.39. The van der Waals surface area contributed by atoms with Crippen molar-refractivity contribution in [2.75, 3.05) is 6.26 Å². The molecule has 19 heavy (non-hydrogen) atoms. The Labute approximate surface area is 120 Å². The summed E-state index contributed by atoms with van der Waals surface area (Å²) in [5.74, 6) is 0. The van der Waals surface area contributed by atoms with Crippen LogP contribution >= 0.6 is 11.6 Å². The molecule has 2 atom stereocenters. The van der Waals surface area contributed by atoms with E-state index < -0.39 is 20.7 Å². The Morgan fingerprint density at radius 2 is 1.53 bits per heavy atom. The number of rotatable bonds is 3. The molecule has 0 radical (unpaired) electrons. The van der Waals surface area contributed by atoms with Crippen molar-refractivity contribution in [2.24, 2.45) is 3.77 Å². The van der Waals surface area contributed by atoms with E-state index in [-0.39, 0.29) is 0 Å². The van der Waals surface area contributed by atoms with Gasteiger partial charge in [0, 0.05) is 11.3 Å². The number of benzene rings is 2. The molecule has 2 rings (SSSR count). The zero-order valence-electron chi connectivity index (χ0n) is 10.2. The standard InChI is InChI=1S/C13H12ClNO2S2/c1-18(16)15-19(17,12-5-3-2-4-6-12)13-9-7-11(14)8-10-13/h2-10H,1H3. The van der Waals surface area contributed by atoms with Gasteiger partial charge >= 0.3 is 0 Å². The van der Waals surface area contributed by atoms with Gasteiger partial charge in [0.25, 0.3) is 0 Å². The van der Waals surface area contributed by atoms with E-state index >= 15 is 0 Å². The quantitative estimate of drug-likeness (QED) is 0.870. The fourth-order valence-electron chi connectivity index (χ4n) is 1.59. The van der Waals surface area contributed by atoms with Gasteiger partial charge in [-0.05, 0) is 36.4 Å². The van der Waals surface area contributed by atoms with Gasteiger partial charge in [-0.15, -0.1) is 3.77 Å². The van der Waals surface area contributed by atoms with Gasteiger partial charge in [0.1, 0.15) is 20.7 Å². The predicted octanol–water partition coefficient (Wildman–Crippen LogP) is 3.52. The highest BCUT2D eigenvalue weighted by Gasteiger charge is 2.16. The Balaban J connectivity index is 2.70. The van der Waals surface area contributed by atoms with Crippen molar-refractivity contribution in [1.29, 1.82) is 0 Å². The molecule has 100 valence electrons. The van der Waals surface area contributed by atoms with Crippen LogP contribution in [0.1, 0.15) is 0 Å². The summed E-state index contributed by atoms with van der Waals surface area (Å²) in [4.78, 5) is 1.03. The molecule has 0 heterocycles. The normalized spacial score (nSPS) is 15.5. The van der Waals surface area contributed by atoms with Gasteiger partial charge in [0.05, 0.1) is 9.79 Å². The lowest BCUT2D eigenvalue weighted by molar-refractivity contribution is 0.675. The van der Waals surface area contributed by atoms with Crippen LogP contribution in [-0.4, -0.2) is 14.7 Å². The third kappa shape index (κ3) is 3.23. The summed E-state index contributed by atoms with van der Waals surface area (Å²) in [7, 11) is -4.42. The molecule has 3 nitrogen and oxygen atoms in total. The number of hydrogen-bond acceptors (Lipinski definition) is 2. The Kier molecular flexibility index (Phi) is 4.39. The first-order chi connectivity index (χ1) is 9.02. The first-order valence-electron chi connectivity index (χ1n) is 5.44. The highest BCUT2D eigenvalue weighted by molar-refractivity contribution is 8.00. The minimum absolute atomic E-state index is 0.498. The molecule has 0 bridgehead atoms. The van der Waals surface area contributed by atoms with E-state index in [1.54, 1.807) is 48.5 Å². The van der Waals surface area contributed by atoms with Gasteiger partial charge in [0.2, 0.25) is 0 Å². The van der Waals surface area contributed by atoms with Crippen molar-refractivity contribution in [1.82, 2.24) is 0 Å². The van der Waals surface area contributed by atoms with Crippen molar-refractivity contribution >= 4 is 32.3 Å². The highest BCUT2D eigenvalue weighted by Crippen LogP contribution is 2.25. The SMILES string of the molecule is CS(=O)N=S(=O)(c1ccccc1)c1ccc(Cl)cc1. The molecule has 0 spiro atoms. The number of halogens is 1. The lowest BCUT2D eigenvalue weighted by Gasteiger charge is -2.09. The summed E-state index contributed by atoms with van der Waals surface area (Å²) in [6.07, 6.45) is 1.40. The molecule has 0 amide bonds. The van der Waals surface area contributed by atoms with E-state index in [4.69, 9.17) is 11.6 Å². The summed E-state index contributed by atoms with van der Waals surface area (Å²) in [6, 6.07) is 15.4. The van der Waals surface area contributed by atoms with Gasteiger partial charge < -0.3 is 0 Å². The smallest absolute Gasteiger partial charge is 0.145 e. The topological polar surface area (TPSA) is 46.5 Å². The molecule has 0 saturated heterocycles. The van der Waals surface area contributed by atoms with Crippen LogP contribution in [0.5, 0.6) is 0 Å². The maximum atomic E-state index is 13.1. The molecule has 2 unspecified atom stereocenters. The van der Waals surface area contributed by atoms with Crippen LogP contribution in [0.25, 0.3) is 0 Å². The Hall–Kier alpha value is -1.17. The van der Waals surface area contributed by atoms with Crippen molar-refractivity contribution < 1.29 is 8.42 Å². The van der Waals surface area contributed by atoms with Crippen LogP contribution in [0.3, 0.4) is 0 Å².